The topological polar surface area (TPSA) is 38.8 Å². The quantitative estimate of drug-likeness (QED) is 0.531. The molecule has 1 amide bonds. The molecule has 0 fully saturated rings. The molecule has 160 valence electrons. The zero-order valence-electron chi connectivity index (χ0n) is 17.6. The van der Waals surface area contributed by atoms with E-state index in [1.165, 1.54) is 6.07 Å². The van der Waals surface area contributed by atoms with E-state index >= 15 is 4.39 Å². The van der Waals surface area contributed by atoms with Crippen LogP contribution in [0.25, 0.3) is 0 Å². The van der Waals surface area contributed by atoms with Crippen molar-refractivity contribution in [3.8, 4) is 11.5 Å². The first-order valence-corrected chi connectivity index (χ1v) is 10.4. The number of rotatable bonds is 4. The summed E-state index contributed by atoms with van der Waals surface area (Å²) in [5, 5.41) is 0.273. The number of ether oxygens (including phenoxy) is 2. The van der Waals surface area contributed by atoms with Gasteiger partial charge in [-0.3, -0.25) is 4.79 Å². The molecule has 4 rings (SSSR count). The minimum Gasteiger partial charge on any atom is -0.493 e. The predicted octanol–water partition coefficient (Wildman–Crippen LogP) is 5.59. The summed E-state index contributed by atoms with van der Waals surface area (Å²) in [6.07, 6.45) is 0.607. The van der Waals surface area contributed by atoms with E-state index < -0.39 is 11.9 Å². The van der Waals surface area contributed by atoms with E-state index in [-0.39, 0.29) is 16.5 Å². The number of aryl methyl sites for hydroxylation is 1. The fraction of sp³-hybridized carbons (Fsp3) is 0.240. The largest absolute Gasteiger partial charge is 0.493 e. The van der Waals surface area contributed by atoms with Gasteiger partial charge in [0.25, 0.3) is 5.91 Å². The third kappa shape index (κ3) is 3.86. The second-order valence-electron chi connectivity index (χ2n) is 7.56. The molecular weight excluding hydrogens is 417 g/mol. The predicted molar refractivity (Wildman–Crippen MR) is 119 cm³/mol. The first-order valence-electron chi connectivity index (χ1n) is 10.0. The minimum absolute atomic E-state index is 0.176. The van der Waals surface area contributed by atoms with Crippen LogP contribution in [0.5, 0.6) is 11.5 Å². The van der Waals surface area contributed by atoms with Crippen LogP contribution in [0.1, 0.15) is 38.7 Å². The van der Waals surface area contributed by atoms with Gasteiger partial charge in [0.15, 0.2) is 11.5 Å². The number of halogens is 2. The zero-order valence-corrected chi connectivity index (χ0v) is 18.4. The van der Waals surface area contributed by atoms with Crippen LogP contribution in [-0.2, 0) is 6.42 Å². The standard InChI is InChI=1S/C25H23ClFNO3/c1-15-7-9-16(10-8-15)25(29)28-12-11-17-13-21(30-2)22(31-3)14-18(17)24(28)23-19(26)5-4-6-20(23)27/h4-10,13-14,24H,11-12H2,1-3H3/t24-/m1/s1. The Balaban J connectivity index is 1.90. The van der Waals surface area contributed by atoms with E-state index in [1.54, 1.807) is 43.4 Å². The molecule has 0 saturated heterocycles. The van der Waals surface area contributed by atoms with Gasteiger partial charge in [-0.1, -0.05) is 35.4 Å². The summed E-state index contributed by atoms with van der Waals surface area (Å²) in [6.45, 7) is 2.39. The Morgan fingerprint density at radius 2 is 1.74 bits per heavy atom. The Hall–Kier alpha value is -3.05. The summed E-state index contributed by atoms with van der Waals surface area (Å²) in [5.74, 6) is 0.480. The highest BCUT2D eigenvalue weighted by molar-refractivity contribution is 6.31. The highest BCUT2D eigenvalue weighted by Crippen LogP contribution is 2.44. The molecule has 1 atom stereocenters. The Morgan fingerprint density at radius 3 is 2.39 bits per heavy atom. The van der Waals surface area contributed by atoms with Gasteiger partial charge in [-0.25, -0.2) is 4.39 Å². The average Bonchev–Trinajstić information content (AvgIpc) is 2.78. The maximum atomic E-state index is 15.1. The first kappa shape index (κ1) is 21.2. The normalized spacial score (nSPS) is 15.4. The highest BCUT2D eigenvalue weighted by atomic mass is 35.5. The van der Waals surface area contributed by atoms with Gasteiger partial charge < -0.3 is 14.4 Å². The van der Waals surface area contributed by atoms with Crippen LogP contribution in [0.2, 0.25) is 5.02 Å². The number of amides is 1. The van der Waals surface area contributed by atoms with Crippen molar-refractivity contribution in [3.05, 3.63) is 93.3 Å². The van der Waals surface area contributed by atoms with Crippen molar-refractivity contribution in [1.29, 1.82) is 0 Å². The summed E-state index contributed by atoms with van der Waals surface area (Å²) in [6, 6.07) is 15.0. The Labute approximate surface area is 186 Å². The smallest absolute Gasteiger partial charge is 0.254 e. The van der Waals surface area contributed by atoms with Crippen molar-refractivity contribution >= 4 is 17.5 Å². The molecule has 3 aromatic rings. The second-order valence-corrected chi connectivity index (χ2v) is 7.97. The molecule has 0 spiro atoms. The molecule has 0 unspecified atom stereocenters. The number of hydrogen-bond donors (Lipinski definition) is 0. The van der Waals surface area contributed by atoms with Gasteiger partial charge in [0.1, 0.15) is 5.82 Å². The van der Waals surface area contributed by atoms with Gasteiger partial charge in [0, 0.05) is 22.7 Å². The first-order chi connectivity index (χ1) is 14.9. The van der Waals surface area contributed by atoms with Crippen molar-refractivity contribution in [2.45, 2.75) is 19.4 Å². The molecule has 0 radical (unpaired) electrons. The van der Waals surface area contributed by atoms with E-state index in [1.807, 2.05) is 31.2 Å². The lowest BCUT2D eigenvalue weighted by atomic mass is 9.86. The third-order valence-electron chi connectivity index (χ3n) is 5.71. The lowest BCUT2D eigenvalue weighted by Crippen LogP contribution is -2.41. The maximum absolute atomic E-state index is 15.1. The molecule has 31 heavy (non-hydrogen) atoms. The summed E-state index contributed by atoms with van der Waals surface area (Å²) in [7, 11) is 3.12. The van der Waals surface area contributed by atoms with Crippen molar-refractivity contribution < 1.29 is 18.7 Å². The van der Waals surface area contributed by atoms with E-state index in [2.05, 4.69) is 0 Å². The monoisotopic (exact) mass is 439 g/mol. The second kappa shape index (κ2) is 8.60. The Kier molecular flexibility index (Phi) is 5.88. The van der Waals surface area contributed by atoms with Crippen molar-refractivity contribution in [2.75, 3.05) is 20.8 Å². The van der Waals surface area contributed by atoms with Gasteiger partial charge in [-0.15, -0.1) is 0 Å². The fourth-order valence-electron chi connectivity index (χ4n) is 4.11. The molecule has 0 N–H and O–H groups in total. The summed E-state index contributed by atoms with van der Waals surface area (Å²) in [5.41, 5.74) is 3.63. The summed E-state index contributed by atoms with van der Waals surface area (Å²) in [4.78, 5) is 15.2. The maximum Gasteiger partial charge on any atom is 0.254 e. The molecule has 1 aliphatic rings. The van der Waals surface area contributed by atoms with Crippen LogP contribution in [-0.4, -0.2) is 31.6 Å². The zero-order chi connectivity index (χ0) is 22.1. The molecule has 1 aliphatic heterocycles. The van der Waals surface area contributed by atoms with Crippen molar-refractivity contribution in [3.63, 3.8) is 0 Å². The fourth-order valence-corrected chi connectivity index (χ4v) is 4.38. The van der Waals surface area contributed by atoms with Crippen molar-refractivity contribution in [2.24, 2.45) is 0 Å². The Bertz CT molecular complexity index is 1110. The third-order valence-corrected chi connectivity index (χ3v) is 6.04. The molecule has 0 bridgehead atoms. The molecule has 4 nitrogen and oxygen atoms in total. The van der Waals surface area contributed by atoms with E-state index in [0.29, 0.717) is 30.0 Å². The van der Waals surface area contributed by atoms with Crippen LogP contribution in [0.4, 0.5) is 4.39 Å². The molecule has 6 heteroatoms. The molecule has 1 heterocycles. The Morgan fingerprint density at radius 1 is 1.06 bits per heavy atom. The lowest BCUT2D eigenvalue weighted by Gasteiger charge is -2.38. The van der Waals surface area contributed by atoms with E-state index in [0.717, 1.165) is 16.7 Å². The highest BCUT2D eigenvalue weighted by Gasteiger charge is 2.36. The number of fused-ring (bicyclic) bond motifs is 1. The molecule has 0 saturated carbocycles. The van der Waals surface area contributed by atoms with Gasteiger partial charge >= 0.3 is 0 Å². The number of hydrogen-bond acceptors (Lipinski definition) is 3. The lowest BCUT2D eigenvalue weighted by molar-refractivity contribution is 0.0691. The number of methoxy groups -OCH3 is 2. The number of carbonyl (C=O) groups is 1. The molecule has 0 aromatic heterocycles. The van der Waals surface area contributed by atoms with Crippen LogP contribution >= 0.6 is 11.6 Å². The number of nitrogens with zero attached hydrogens (tertiary/aromatic N) is 1. The van der Waals surface area contributed by atoms with E-state index in [4.69, 9.17) is 21.1 Å². The number of carbonyl (C=O) groups excluding carboxylic acids is 1. The van der Waals surface area contributed by atoms with Gasteiger partial charge in [-0.05, 0) is 60.9 Å². The van der Waals surface area contributed by atoms with Gasteiger partial charge in [0.2, 0.25) is 0 Å². The van der Waals surface area contributed by atoms with Gasteiger partial charge in [0.05, 0.1) is 20.3 Å². The summed E-state index contributed by atoms with van der Waals surface area (Å²) < 4.78 is 26.0. The van der Waals surface area contributed by atoms with Crippen molar-refractivity contribution in [1.82, 2.24) is 4.90 Å². The molecular formula is C25H23ClFNO3. The molecule has 3 aromatic carbocycles. The SMILES string of the molecule is COc1cc2c(cc1OC)[C@H](c1c(F)cccc1Cl)N(C(=O)c1ccc(C)cc1)CC2. The number of benzene rings is 3. The van der Waals surface area contributed by atoms with Crippen LogP contribution in [0, 0.1) is 12.7 Å². The molecule has 0 aliphatic carbocycles. The van der Waals surface area contributed by atoms with Crippen LogP contribution in [0.15, 0.2) is 54.6 Å². The average molecular weight is 440 g/mol. The van der Waals surface area contributed by atoms with Gasteiger partial charge in [-0.2, -0.15) is 0 Å². The summed E-state index contributed by atoms with van der Waals surface area (Å²) >= 11 is 6.46. The van der Waals surface area contributed by atoms with Crippen LogP contribution < -0.4 is 9.47 Å². The van der Waals surface area contributed by atoms with E-state index in [9.17, 15) is 4.79 Å². The minimum atomic E-state index is -0.689. The van der Waals surface area contributed by atoms with Crippen LogP contribution in [0.3, 0.4) is 0 Å².